The molecule has 2 aliphatic rings. The van der Waals surface area contributed by atoms with E-state index in [9.17, 15) is 13.6 Å². The van der Waals surface area contributed by atoms with Crippen molar-refractivity contribution in [2.75, 3.05) is 13.1 Å². The lowest BCUT2D eigenvalue weighted by molar-refractivity contribution is -0.130. The van der Waals surface area contributed by atoms with Crippen molar-refractivity contribution in [1.82, 2.24) is 10.2 Å². The summed E-state index contributed by atoms with van der Waals surface area (Å²) in [6, 6.07) is 0. The van der Waals surface area contributed by atoms with E-state index in [0.717, 1.165) is 25.7 Å². The molecule has 1 N–H and O–H groups in total. The number of nitrogens with one attached hydrogen (secondary N) is 1. The van der Waals surface area contributed by atoms with Crippen LogP contribution in [0.5, 0.6) is 0 Å². The van der Waals surface area contributed by atoms with Gasteiger partial charge in [-0.3, -0.25) is 10.1 Å². The predicted octanol–water partition coefficient (Wildman–Crippen LogP) is 1.20. The Hall–Kier alpha value is -0.710. The third-order valence-electron chi connectivity index (χ3n) is 3.30. The zero-order valence-electron chi connectivity index (χ0n) is 8.59. The summed E-state index contributed by atoms with van der Waals surface area (Å²) >= 11 is 0. The lowest BCUT2D eigenvalue weighted by Gasteiger charge is -2.28. The Kier molecular flexibility index (Phi) is 3.19. The van der Waals surface area contributed by atoms with E-state index in [1.165, 1.54) is 4.90 Å². The Balaban J connectivity index is 1.99. The molecule has 86 valence electrons. The number of hydrogen-bond acceptors (Lipinski definition) is 2. The van der Waals surface area contributed by atoms with Crippen molar-refractivity contribution in [1.29, 1.82) is 0 Å². The highest BCUT2D eigenvalue weighted by Gasteiger charge is 2.38. The van der Waals surface area contributed by atoms with Crippen LogP contribution < -0.4 is 5.32 Å². The Morgan fingerprint density at radius 3 is 2.67 bits per heavy atom. The molecule has 1 saturated carbocycles. The van der Waals surface area contributed by atoms with Gasteiger partial charge in [0.1, 0.15) is 0 Å². The zero-order valence-corrected chi connectivity index (χ0v) is 8.59. The summed E-state index contributed by atoms with van der Waals surface area (Å²) in [6.45, 7) is -0.207. The largest absolute Gasteiger partial charge is 0.320 e. The quantitative estimate of drug-likeness (QED) is 0.772. The van der Waals surface area contributed by atoms with E-state index < -0.39 is 13.0 Å². The first-order valence-corrected chi connectivity index (χ1v) is 5.49. The van der Waals surface area contributed by atoms with Gasteiger partial charge < -0.3 is 4.90 Å². The second-order valence-corrected chi connectivity index (χ2v) is 4.31. The number of halogens is 2. The van der Waals surface area contributed by atoms with Crippen LogP contribution in [0.2, 0.25) is 0 Å². The lowest BCUT2D eigenvalue weighted by Crippen LogP contribution is -2.44. The molecule has 3 nitrogen and oxygen atoms in total. The fraction of sp³-hybridized carbons (Fsp3) is 0.900. The fourth-order valence-corrected chi connectivity index (χ4v) is 2.62. The Bertz CT molecular complexity index is 242. The fourth-order valence-electron chi connectivity index (χ4n) is 2.62. The van der Waals surface area contributed by atoms with E-state index in [4.69, 9.17) is 0 Å². The smallest absolute Gasteiger partial charge is 0.255 e. The number of nitrogens with zero attached hydrogens (tertiary/aromatic N) is 1. The molecule has 0 aromatic heterocycles. The van der Waals surface area contributed by atoms with Crippen LogP contribution in [0.25, 0.3) is 0 Å². The second kappa shape index (κ2) is 4.43. The van der Waals surface area contributed by atoms with Gasteiger partial charge in [0.15, 0.2) is 0 Å². The van der Waals surface area contributed by atoms with Crippen LogP contribution >= 0.6 is 0 Å². The summed E-state index contributed by atoms with van der Waals surface area (Å²) in [5, 5.41) is 3.05. The van der Waals surface area contributed by atoms with E-state index in [1.807, 2.05) is 0 Å². The summed E-state index contributed by atoms with van der Waals surface area (Å²) in [5.41, 5.74) is 0. The highest BCUT2D eigenvalue weighted by atomic mass is 19.3. The van der Waals surface area contributed by atoms with Gasteiger partial charge in [0.25, 0.3) is 6.43 Å². The third-order valence-corrected chi connectivity index (χ3v) is 3.30. The average molecular weight is 218 g/mol. The van der Waals surface area contributed by atoms with Crippen molar-refractivity contribution in [3.63, 3.8) is 0 Å². The summed E-state index contributed by atoms with van der Waals surface area (Å²) in [4.78, 5) is 12.7. The maximum Gasteiger partial charge on any atom is 0.255 e. The standard InChI is InChI=1S/C10H16F2N2O/c11-8(12)6-14-9(15)5-13-10(14)7-3-1-2-4-7/h7-8,10,13H,1-6H2. The van der Waals surface area contributed by atoms with Gasteiger partial charge in [0, 0.05) is 0 Å². The van der Waals surface area contributed by atoms with Gasteiger partial charge >= 0.3 is 0 Å². The summed E-state index contributed by atoms with van der Waals surface area (Å²) in [6.07, 6.45) is 1.82. The van der Waals surface area contributed by atoms with Gasteiger partial charge in [0.2, 0.25) is 5.91 Å². The molecule has 1 atom stereocenters. The Labute approximate surface area is 87.8 Å². The van der Waals surface area contributed by atoms with Crippen molar-refractivity contribution in [3.05, 3.63) is 0 Å². The maximum atomic E-state index is 12.3. The predicted molar refractivity (Wildman–Crippen MR) is 51.5 cm³/mol. The van der Waals surface area contributed by atoms with Crippen molar-refractivity contribution >= 4 is 5.91 Å². The second-order valence-electron chi connectivity index (χ2n) is 4.31. The molecule has 0 bridgehead atoms. The number of carbonyl (C=O) groups is 1. The van der Waals surface area contributed by atoms with Crippen LogP contribution in [0.15, 0.2) is 0 Å². The first kappa shape index (κ1) is 10.8. The van der Waals surface area contributed by atoms with Crippen LogP contribution in [0.1, 0.15) is 25.7 Å². The van der Waals surface area contributed by atoms with E-state index in [2.05, 4.69) is 5.32 Å². The summed E-state index contributed by atoms with van der Waals surface area (Å²) < 4.78 is 24.6. The molecule has 2 rings (SSSR count). The molecule has 1 unspecified atom stereocenters. The van der Waals surface area contributed by atoms with E-state index >= 15 is 0 Å². The molecule has 0 spiro atoms. The molecular formula is C10H16F2N2O. The number of hydrogen-bond donors (Lipinski definition) is 1. The number of rotatable bonds is 3. The number of carbonyl (C=O) groups excluding carboxylic acids is 1. The van der Waals surface area contributed by atoms with Crippen LogP contribution in [0.3, 0.4) is 0 Å². The molecule has 1 saturated heterocycles. The van der Waals surface area contributed by atoms with Gasteiger partial charge in [0.05, 0.1) is 19.3 Å². The molecule has 1 aliphatic carbocycles. The van der Waals surface area contributed by atoms with Gasteiger partial charge in [-0.2, -0.15) is 0 Å². The topological polar surface area (TPSA) is 32.3 Å². The van der Waals surface area contributed by atoms with Crippen molar-refractivity contribution in [2.24, 2.45) is 5.92 Å². The molecule has 15 heavy (non-hydrogen) atoms. The Morgan fingerprint density at radius 2 is 2.07 bits per heavy atom. The van der Waals surface area contributed by atoms with Crippen LogP contribution in [-0.4, -0.2) is 36.5 Å². The van der Waals surface area contributed by atoms with Gasteiger partial charge in [-0.15, -0.1) is 0 Å². The average Bonchev–Trinajstić information content (AvgIpc) is 2.76. The monoisotopic (exact) mass is 218 g/mol. The van der Waals surface area contributed by atoms with Crippen molar-refractivity contribution in [2.45, 2.75) is 38.3 Å². The van der Waals surface area contributed by atoms with Crippen molar-refractivity contribution < 1.29 is 13.6 Å². The van der Waals surface area contributed by atoms with Gasteiger partial charge in [-0.25, -0.2) is 8.78 Å². The maximum absolute atomic E-state index is 12.3. The number of alkyl halides is 2. The summed E-state index contributed by atoms with van der Waals surface area (Å²) in [5.74, 6) is 0.183. The minimum absolute atomic E-state index is 0.144. The number of amides is 1. The minimum atomic E-state index is -2.43. The normalized spacial score (nSPS) is 28.3. The zero-order chi connectivity index (χ0) is 10.8. The van der Waals surface area contributed by atoms with Crippen molar-refractivity contribution in [3.8, 4) is 0 Å². The van der Waals surface area contributed by atoms with Crippen LogP contribution in [-0.2, 0) is 4.79 Å². The van der Waals surface area contributed by atoms with Gasteiger partial charge in [-0.1, -0.05) is 12.8 Å². The minimum Gasteiger partial charge on any atom is -0.320 e. The third kappa shape index (κ3) is 2.27. The molecule has 1 amide bonds. The van der Waals surface area contributed by atoms with Gasteiger partial charge in [-0.05, 0) is 18.8 Å². The highest BCUT2D eigenvalue weighted by molar-refractivity contribution is 5.80. The van der Waals surface area contributed by atoms with Crippen LogP contribution in [0, 0.1) is 5.92 Å². The Morgan fingerprint density at radius 1 is 1.40 bits per heavy atom. The van der Waals surface area contributed by atoms with Crippen LogP contribution in [0.4, 0.5) is 8.78 Å². The summed E-state index contributed by atoms with van der Waals surface area (Å²) in [7, 11) is 0. The lowest BCUT2D eigenvalue weighted by atomic mass is 10.0. The highest BCUT2D eigenvalue weighted by Crippen LogP contribution is 2.30. The molecule has 0 radical (unpaired) electrons. The molecule has 0 aromatic rings. The molecule has 5 heteroatoms. The van der Waals surface area contributed by atoms with E-state index in [0.29, 0.717) is 5.92 Å². The molecular weight excluding hydrogens is 202 g/mol. The van der Waals surface area contributed by atoms with E-state index in [-0.39, 0.29) is 18.6 Å². The molecule has 0 aromatic carbocycles. The first-order valence-electron chi connectivity index (χ1n) is 5.49. The molecule has 2 fully saturated rings. The SMILES string of the molecule is O=C1CNC(C2CCCC2)N1CC(F)F. The first-order chi connectivity index (χ1) is 7.18. The van der Waals surface area contributed by atoms with E-state index in [1.54, 1.807) is 0 Å². The molecule has 1 aliphatic heterocycles. The molecule has 1 heterocycles.